The molecule has 0 atom stereocenters. The summed E-state index contributed by atoms with van der Waals surface area (Å²) in [5.74, 6) is 0.835. The lowest BCUT2D eigenvalue weighted by Gasteiger charge is -2.45. The van der Waals surface area contributed by atoms with Crippen LogP contribution >= 0.6 is 0 Å². The van der Waals surface area contributed by atoms with Gasteiger partial charge < -0.3 is 4.74 Å². The van der Waals surface area contributed by atoms with Crippen LogP contribution in [-0.2, 0) is 5.41 Å². The van der Waals surface area contributed by atoms with E-state index in [9.17, 15) is 5.26 Å². The summed E-state index contributed by atoms with van der Waals surface area (Å²) in [5.41, 5.74) is 3.44. The van der Waals surface area contributed by atoms with Crippen LogP contribution in [0.3, 0.4) is 0 Å². The van der Waals surface area contributed by atoms with E-state index >= 15 is 0 Å². The smallest absolute Gasteiger partial charge is 0.119 e. The van der Waals surface area contributed by atoms with Gasteiger partial charge >= 0.3 is 0 Å². The van der Waals surface area contributed by atoms with Gasteiger partial charge in [-0.25, -0.2) is 0 Å². The standard InChI is InChI=1S/C31H35N3O/c1-35-29-14-8-13-27(23-29)31(24-32)17-15-28(16-18-31)33-19-21-34(22-20-33)30(25-9-4-2-5-10-25)26-11-6-3-7-12-26/h2-14,23,28,30H,15-22H2,1H3. The molecule has 4 nitrogen and oxygen atoms in total. The topological polar surface area (TPSA) is 39.5 Å². The summed E-state index contributed by atoms with van der Waals surface area (Å²) >= 11 is 0. The van der Waals surface area contributed by atoms with Crippen LogP contribution < -0.4 is 4.74 Å². The van der Waals surface area contributed by atoms with Gasteiger partial charge in [-0.15, -0.1) is 0 Å². The largest absolute Gasteiger partial charge is 0.497 e. The lowest BCUT2D eigenvalue weighted by atomic mass is 9.69. The molecule has 2 aliphatic rings. The Morgan fingerprint density at radius 2 is 1.43 bits per heavy atom. The Balaban J connectivity index is 1.24. The van der Waals surface area contributed by atoms with Crippen LogP contribution in [0, 0.1) is 11.3 Å². The predicted molar refractivity (Wildman–Crippen MR) is 140 cm³/mol. The number of benzene rings is 3. The van der Waals surface area contributed by atoms with Crippen molar-refractivity contribution in [1.29, 1.82) is 5.26 Å². The molecule has 1 heterocycles. The summed E-state index contributed by atoms with van der Waals surface area (Å²) in [7, 11) is 1.69. The molecule has 3 aromatic carbocycles. The molecule has 0 aromatic heterocycles. The predicted octanol–water partition coefficient (Wildman–Crippen LogP) is 5.81. The Labute approximate surface area is 209 Å². The lowest BCUT2D eigenvalue weighted by molar-refractivity contribution is 0.0580. The summed E-state index contributed by atoms with van der Waals surface area (Å²) in [6.45, 7) is 4.29. The third kappa shape index (κ3) is 4.98. The van der Waals surface area contributed by atoms with Crippen molar-refractivity contribution in [3.63, 3.8) is 0 Å². The highest BCUT2D eigenvalue weighted by Gasteiger charge is 2.40. The van der Waals surface area contributed by atoms with Crippen LogP contribution in [0.25, 0.3) is 0 Å². The van der Waals surface area contributed by atoms with E-state index in [-0.39, 0.29) is 0 Å². The van der Waals surface area contributed by atoms with Crippen molar-refractivity contribution >= 4 is 0 Å². The van der Waals surface area contributed by atoms with Crippen molar-refractivity contribution in [2.75, 3.05) is 33.3 Å². The van der Waals surface area contributed by atoms with Gasteiger partial charge in [-0.1, -0.05) is 72.8 Å². The van der Waals surface area contributed by atoms with Crippen LogP contribution in [0.15, 0.2) is 84.9 Å². The zero-order chi connectivity index (χ0) is 24.1. The molecule has 0 N–H and O–H groups in total. The minimum absolute atomic E-state index is 0.296. The molecule has 1 aliphatic heterocycles. The van der Waals surface area contributed by atoms with Crippen molar-refractivity contribution in [3.05, 3.63) is 102 Å². The van der Waals surface area contributed by atoms with E-state index in [2.05, 4.69) is 88.7 Å². The van der Waals surface area contributed by atoms with Crippen molar-refractivity contribution in [1.82, 2.24) is 9.80 Å². The summed E-state index contributed by atoms with van der Waals surface area (Å²) < 4.78 is 5.42. The number of nitrogens with zero attached hydrogens (tertiary/aromatic N) is 3. The summed E-state index contributed by atoms with van der Waals surface area (Å²) in [6, 6.07) is 33.5. The van der Waals surface area contributed by atoms with E-state index in [0.29, 0.717) is 12.1 Å². The van der Waals surface area contributed by atoms with Gasteiger partial charge in [-0.2, -0.15) is 5.26 Å². The van der Waals surface area contributed by atoms with Gasteiger partial charge in [0.2, 0.25) is 0 Å². The zero-order valence-corrected chi connectivity index (χ0v) is 20.6. The van der Waals surface area contributed by atoms with Crippen LogP contribution in [0.5, 0.6) is 5.75 Å². The number of methoxy groups -OCH3 is 1. The molecule has 35 heavy (non-hydrogen) atoms. The molecular formula is C31H35N3O. The number of hydrogen-bond acceptors (Lipinski definition) is 4. The quantitative estimate of drug-likeness (QED) is 0.461. The van der Waals surface area contributed by atoms with Crippen molar-refractivity contribution < 1.29 is 4.74 Å². The number of nitriles is 1. The van der Waals surface area contributed by atoms with Gasteiger partial charge in [0, 0.05) is 32.2 Å². The molecule has 2 fully saturated rings. The fourth-order valence-electron chi connectivity index (χ4n) is 6.09. The van der Waals surface area contributed by atoms with Gasteiger partial charge in [0.25, 0.3) is 0 Å². The molecule has 0 bridgehead atoms. The molecule has 1 saturated carbocycles. The second-order valence-corrected chi connectivity index (χ2v) is 9.95. The monoisotopic (exact) mass is 465 g/mol. The highest BCUT2D eigenvalue weighted by Crippen LogP contribution is 2.41. The Hall–Kier alpha value is -3.13. The first-order valence-electron chi connectivity index (χ1n) is 12.9. The first kappa shape index (κ1) is 23.6. The van der Waals surface area contributed by atoms with Crippen LogP contribution in [0.1, 0.15) is 48.4 Å². The second-order valence-electron chi connectivity index (χ2n) is 9.95. The molecule has 0 unspecified atom stereocenters. The lowest BCUT2D eigenvalue weighted by Crippen LogP contribution is -2.52. The number of hydrogen-bond donors (Lipinski definition) is 0. The maximum Gasteiger partial charge on any atom is 0.119 e. The van der Waals surface area contributed by atoms with Gasteiger partial charge in [-0.3, -0.25) is 9.80 Å². The van der Waals surface area contributed by atoms with Crippen molar-refractivity contribution in [2.45, 2.75) is 43.2 Å². The summed E-state index contributed by atoms with van der Waals surface area (Å²) in [4.78, 5) is 5.32. The van der Waals surface area contributed by atoms with E-state index in [1.807, 2.05) is 12.1 Å². The van der Waals surface area contributed by atoms with Crippen LogP contribution in [-0.4, -0.2) is 49.1 Å². The normalized spacial score (nSPS) is 23.6. The van der Waals surface area contributed by atoms with Gasteiger partial charge in [-0.05, 0) is 54.5 Å². The number of ether oxygens (including phenoxy) is 1. The van der Waals surface area contributed by atoms with E-state index in [0.717, 1.165) is 63.2 Å². The first-order valence-corrected chi connectivity index (χ1v) is 12.9. The molecule has 3 aromatic rings. The maximum atomic E-state index is 10.2. The van der Waals surface area contributed by atoms with Gasteiger partial charge in [0.1, 0.15) is 5.75 Å². The fourth-order valence-corrected chi connectivity index (χ4v) is 6.09. The minimum Gasteiger partial charge on any atom is -0.497 e. The average Bonchev–Trinajstić information content (AvgIpc) is 2.95. The van der Waals surface area contributed by atoms with E-state index in [1.165, 1.54) is 11.1 Å². The third-order valence-corrected chi connectivity index (χ3v) is 8.11. The van der Waals surface area contributed by atoms with E-state index in [1.54, 1.807) is 7.11 Å². The van der Waals surface area contributed by atoms with Crippen molar-refractivity contribution in [2.24, 2.45) is 0 Å². The highest BCUT2D eigenvalue weighted by molar-refractivity contribution is 5.39. The van der Waals surface area contributed by atoms with E-state index in [4.69, 9.17) is 4.74 Å². The molecule has 180 valence electrons. The Morgan fingerprint density at radius 1 is 0.829 bits per heavy atom. The van der Waals surface area contributed by atoms with Crippen LogP contribution in [0.2, 0.25) is 0 Å². The second kappa shape index (κ2) is 10.6. The van der Waals surface area contributed by atoms with Gasteiger partial charge in [0.05, 0.1) is 24.6 Å². The third-order valence-electron chi connectivity index (χ3n) is 8.11. The Bertz CT molecular complexity index is 1090. The SMILES string of the molecule is COc1cccc(C2(C#N)CCC(N3CCN(C(c4ccccc4)c4ccccc4)CC3)CC2)c1. The molecule has 0 spiro atoms. The molecular weight excluding hydrogens is 430 g/mol. The molecule has 0 radical (unpaired) electrons. The van der Waals surface area contributed by atoms with E-state index < -0.39 is 5.41 Å². The summed E-state index contributed by atoms with van der Waals surface area (Å²) in [5, 5.41) is 10.2. The summed E-state index contributed by atoms with van der Waals surface area (Å²) in [6.07, 6.45) is 3.98. The molecule has 5 rings (SSSR count). The first-order chi connectivity index (χ1) is 17.2. The fraction of sp³-hybridized carbons (Fsp3) is 0.387. The average molecular weight is 466 g/mol. The number of piperazine rings is 1. The molecule has 0 amide bonds. The molecule has 1 saturated heterocycles. The van der Waals surface area contributed by atoms with Crippen molar-refractivity contribution in [3.8, 4) is 11.8 Å². The zero-order valence-electron chi connectivity index (χ0n) is 20.6. The maximum absolute atomic E-state index is 10.2. The number of rotatable bonds is 6. The Morgan fingerprint density at radius 3 is 1.97 bits per heavy atom. The molecule has 4 heteroatoms. The minimum atomic E-state index is -0.390. The van der Waals surface area contributed by atoms with Crippen LogP contribution in [0.4, 0.5) is 0 Å². The highest BCUT2D eigenvalue weighted by atomic mass is 16.5. The molecule has 1 aliphatic carbocycles. The Kier molecular flexibility index (Phi) is 7.18. The van der Waals surface area contributed by atoms with Gasteiger partial charge in [0.15, 0.2) is 0 Å².